The molecule has 0 bridgehead atoms. The molecule has 0 aliphatic heterocycles. The van der Waals surface area contributed by atoms with E-state index >= 15 is 0 Å². The molecule has 4 nitrogen and oxygen atoms in total. The Labute approximate surface area is 125 Å². The van der Waals surface area contributed by atoms with Crippen molar-refractivity contribution in [3.8, 4) is 0 Å². The third kappa shape index (κ3) is 4.31. The number of hydrogen-bond donors (Lipinski definition) is 2. The maximum Gasteiger partial charge on any atom is 0.239 e. The standard InChI is InChI=1S/C17H21N3O/c1-12-8-13(2)17(14(3)9-12)20-11-16(21)19-10-15-4-6-18-7-5-15/h4-9,20H,10-11H2,1-3H3,(H,19,21). The molecule has 0 aliphatic carbocycles. The lowest BCUT2D eigenvalue weighted by Crippen LogP contribution is -2.29. The maximum atomic E-state index is 11.9. The Kier molecular flexibility index (Phi) is 4.93. The van der Waals surface area contributed by atoms with Gasteiger partial charge >= 0.3 is 0 Å². The highest BCUT2D eigenvalue weighted by atomic mass is 16.1. The number of amides is 1. The molecule has 0 radical (unpaired) electrons. The number of anilines is 1. The van der Waals surface area contributed by atoms with Crippen molar-refractivity contribution in [2.45, 2.75) is 27.3 Å². The topological polar surface area (TPSA) is 54.0 Å². The van der Waals surface area contributed by atoms with Crippen molar-refractivity contribution < 1.29 is 4.79 Å². The van der Waals surface area contributed by atoms with Gasteiger partial charge in [-0.3, -0.25) is 9.78 Å². The van der Waals surface area contributed by atoms with Gasteiger partial charge in [-0.25, -0.2) is 0 Å². The van der Waals surface area contributed by atoms with Gasteiger partial charge in [-0.15, -0.1) is 0 Å². The first-order chi connectivity index (χ1) is 10.1. The minimum atomic E-state index is -0.0220. The lowest BCUT2D eigenvalue weighted by molar-refractivity contribution is -0.119. The molecule has 0 unspecified atom stereocenters. The summed E-state index contributed by atoms with van der Waals surface area (Å²) in [6.45, 7) is 6.98. The van der Waals surface area contributed by atoms with Crippen LogP contribution in [0.3, 0.4) is 0 Å². The number of benzene rings is 1. The molecule has 0 aliphatic rings. The Morgan fingerprint density at radius 3 is 2.33 bits per heavy atom. The Morgan fingerprint density at radius 2 is 1.71 bits per heavy atom. The number of nitrogens with one attached hydrogen (secondary N) is 2. The summed E-state index contributed by atoms with van der Waals surface area (Å²) in [5.74, 6) is -0.0220. The largest absolute Gasteiger partial charge is 0.376 e. The van der Waals surface area contributed by atoms with Gasteiger partial charge in [0, 0.05) is 24.6 Å². The molecule has 21 heavy (non-hydrogen) atoms. The van der Waals surface area contributed by atoms with Gasteiger partial charge < -0.3 is 10.6 Å². The molecule has 1 amide bonds. The first-order valence-corrected chi connectivity index (χ1v) is 7.03. The van der Waals surface area contributed by atoms with Gasteiger partial charge in [0.1, 0.15) is 0 Å². The molecule has 0 fully saturated rings. The summed E-state index contributed by atoms with van der Waals surface area (Å²) >= 11 is 0. The van der Waals surface area contributed by atoms with Crippen molar-refractivity contribution in [1.82, 2.24) is 10.3 Å². The highest BCUT2D eigenvalue weighted by molar-refractivity contribution is 5.81. The van der Waals surface area contributed by atoms with Crippen LogP contribution < -0.4 is 10.6 Å². The zero-order chi connectivity index (χ0) is 15.2. The first-order valence-electron chi connectivity index (χ1n) is 7.03. The summed E-state index contributed by atoms with van der Waals surface area (Å²) in [7, 11) is 0. The second-order valence-corrected chi connectivity index (χ2v) is 5.26. The summed E-state index contributed by atoms with van der Waals surface area (Å²) < 4.78 is 0. The zero-order valence-electron chi connectivity index (χ0n) is 12.7. The summed E-state index contributed by atoms with van der Waals surface area (Å²) in [4.78, 5) is 15.8. The highest BCUT2D eigenvalue weighted by Crippen LogP contribution is 2.21. The monoisotopic (exact) mass is 283 g/mol. The van der Waals surface area contributed by atoms with Crippen LogP contribution in [-0.4, -0.2) is 17.4 Å². The molecule has 2 aromatic rings. The van der Waals surface area contributed by atoms with Gasteiger partial charge in [0.05, 0.1) is 6.54 Å². The van der Waals surface area contributed by atoms with Gasteiger partial charge in [0.25, 0.3) is 0 Å². The van der Waals surface area contributed by atoms with E-state index in [1.165, 1.54) is 5.56 Å². The van der Waals surface area contributed by atoms with E-state index in [0.29, 0.717) is 6.54 Å². The molecule has 2 rings (SSSR count). The summed E-state index contributed by atoms with van der Waals surface area (Å²) in [6, 6.07) is 8.01. The fraction of sp³-hybridized carbons (Fsp3) is 0.294. The van der Waals surface area contributed by atoms with E-state index in [0.717, 1.165) is 22.4 Å². The van der Waals surface area contributed by atoms with Crippen molar-refractivity contribution in [1.29, 1.82) is 0 Å². The van der Waals surface area contributed by atoms with Crippen LogP contribution in [0.2, 0.25) is 0 Å². The van der Waals surface area contributed by atoms with Gasteiger partial charge in [-0.2, -0.15) is 0 Å². The molecule has 2 N–H and O–H groups in total. The molecule has 0 atom stereocenters. The van der Waals surface area contributed by atoms with E-state index in [2.05, 4.69) is 48.5 Å². The molecular formula is C17H21N3O. The number of nitrogens with zero attached hydrogens (tertiary/aromatic N) is 1. The predicted octanol–water partition coefficient (Wildman–Crippen LogP) is 2.74. The fourth-order valence-corrected chi connectivity index (χ4v) is 2.39. The quantitative estimate of drug-likeness (QED) is 0.887. The number of carbonyl (C=O) groups is 1. The molecule has 1 aromatic carbocycles. The first kappa shape index (κ1) is 15.0. The van der Waals surface area contributed by atoms with Gasteiger partial charge in [0.2, 0.25) is 5.91 Å². The van der Waals surface area contributed by atoms with Gasteiger partial charge in [-0.05, 0) is 49.6 Å². The van der Waals surface area contributed by atoms with Crippen LogP contribution in [0.1, 0.15) is 22.3 Å². The van der Waals surface area contributed by atoms with Crippen molar-refractivity contribution in [3.05, 3.63) is 58.9 Å². The smallest absolute Gasteiger partial charge is 0.239 e. The Morgan fingerprint density at radius 1 is 1.10 bits per heavy atom. The van der Waals surface area contributed by atoms with E-state index < -0.39 is 0 Å². The molecule has 1 heterocycles. The minimum Gasteiger partial charge on any atom is -0.376 e. The van der Waals surface area contributed by atoms with Crippen LogP contribution in [-0.2, 0) is 11.3 Å². The minimum absolute atomic E-state index is 0.0220. The molecule has 4 heteroatoms. The number of pyridine rings is 1. The van der Waals surface area contributed by atoms with Gasteiger partial charge in [0.15, 0.2) is 0 Å². The van der Waals surface area contributed by atoms with Crippen LogP contribution in [0.5, 0.6) is 0 Å². The average Bonchev–Trinajstić information content (AvgIpc) is 2.45. The molecule has 1 aromatic heterocycles. The van der Waals surface area contributed by atoms with E-state index in [9.17, 15) is 4.79 Å². The zero-order valence-corrected chi connectivity index (χ0v) is 12.7. The number of carbonyl (C=O) groups excluding carboxylic acids is 1. The summed E-state index contributed by atoms with van der Waals surface area (Å²) in [5.41, 5.74) is 5.64. The van der Waals surface area contributed by atoms with Crippen molar-refractivity contribution in [2.24, 2.45) is 0 Å². The van der Waals surface area contributed by atoms with E-state index in [1.807, 2.05) is 12.1 Å². The molecular weight excluding hydrogens is 262 g/mol. The maximum absolute atomic E-state index is 11.9. The Hall–Kier alpha value is -2.36. The van der Waals surface area contributed by atoms with E-state index in [-0.39, 0.29) is 12.5 Å². The van der Waals surface area contributed by atoms with Gasteiger partial charge in [-0.1, -0.05) is 17.7 Å². The number of hydrogen-bond acceptors (Lipinski definition) is 3. The highest BCUT2D eigenvalue weighted by Gasteiger charge is 2.06. The predicted molar refractivity (Wildman–Crippen MR) is 85.2 cm³/mol. The molecule has 110 valence electrons. The third-order valence-corrected chi connectivity index (χ3v) is 3.34. The lowest BCUT2D eigenvalue weighted by atomic mass is 10.1. The molecule has 0 spiro atoms. The molecule has 0 saturated carbocycles. The fourth-order valence-electron chi connectivity index (χ4n) is 2.39. The van der Waals surface area contributed by atoms with E-state index in [4.69, 9.17) is 0 Å². The van der Waals surface area contributed by atoms with E-state index in [1.54, 1.807) is 12.4 Å². The van der Waals surface area contributed by atoms with Crippen LogP contribution >= 0.6 is 0 Å². The van der Waals surface area contributed by atoms with Crippen molar-refractivity contribution >= 4 is 11.6 Å². The van der Waals surface area contributed by atoms with Crippen LogP contribution in [0.25, 0.3) is 0 Å². The average molecular weight is 283 g/mol. The van der Waals surface area contributed by atoms with Crippen LogP contribution in [0, 0.1) is 20.8 Å². The second-order valence-electron chi connectivity index (χ2n) is 5.26. The van der Waals surface area contributed by atoms with Crippen molar-refractivity contribution in [2.75, 3.05) is 11.9 Å². The van der Waals surface area contributed by atoms with Crippen molar-refractivity contribution in [3.63, 3.8) is 0 Å². The number of rotatable bonds is 5. The Bertz CT molecular complexity index is 600. The molecule has 0 saturated heterocycles. The SMILES string of the molecule is Cc1cc(C)c(NCC(=O)NCc2ccncc2)c(C)c1. The Balaban J connectivity index is 1.87. The lowest BCUT2D eigenvalue weighted by Gasteiger charge is -2.13. The summed E-state index contributed by atoms with van der Waals surface area (Å²) in [6.07, 6.45) is 3.44. The van der Waals surface area contributed by atoms with Crippen LogP contribution in [0.4, 0.5) is 5.69 Å². The second kappa shape index (κ2) is 6.88. The summed E-state index contributed by atoms with van der Waals surface area (Å²) in [5, 5.41) is 6.11. The number of aromatic nitrogens is 1. The normalized spacial score (nSPS) is 10.2. The number of aryl methyl sites for hydroxylation is 3. The van der Waals surface area contributed by atoms with Crippen LogP contribution in [0.15, 0.2) is 36.7 Å². The third-order valence-electron chi connectivity index (χ3n) is 3.34.